The first kappa shape index (κ1) is 27.8. The maximum Gasteiger partial charge on any atom is 0.262 e. The number of anilines is 1. The van der Waals surface area contributed by atoms with Crippen molar-refractivity contribution in [1.29, 1.82) is 0 Å². The zero-order valence-corrected chi connectivity index (χ0v) is 20.8. The molecule has 0 spiro atoms. The van der Waals surface area contributed by atoms with E-state index >= 15 is 0 Å². The van der Waals surface area contributed by atoms with Crippen LogP contribution >= 0.6 is 11.6 Å². The van der Waals surface area contributed by atoms with Gasteiger partial charge in [-0.1, -0.05) is 84.1 Å². The highest BCUT2D eigenvalue weighted by atomic mass is 35.5. The highest BCUT2D eigenvalue weighted by Gasteiger charge is 2.18. The van der Waals surface area contributed by atoms with E-state index in [2.05, 4.69) is 11.6 Å². The minimum absolute atomic E-state index is 0.0795. The Kier molecular flexibility index (Phi) is 14.7. The first-order valence-corrected chi connectivity index (χ1v) is 13.9. The van der Waals surface area contributed by atoms with Crippen molar-refractivity contribution in [2.75, 3.05) is 10.5 Å². The minimum Gasteiger partial charge on any atom is -0.481 e. The zero-order chi connectivity index (χ0) is 23.0. The van der Waals surface area contributed by atoms with E-state index in [9.17, 15) is 13.2 Å². The van der Waals surface area contributed by atoms with Gasteiger partial charge in [0.2, 0.25) is 10.0 Å². The van der Waals surface area contributed by atoms with Crippen molar-refractivity contribution in [2.24, 2.45) is 0 Å². The van der Waals surface area contributed by atoms with Crippen molar-refractivity contribution in [1.82, 2.24) is 0 Å². The Morgan fingerprint density at radius 2 is 1.52 bits per heavy atom. The molecule has 31 heavy (non-hydrogen) atoms. The number of rotatable bonds is 19. The van der Waals surface area contributed by atoms with Crippen LogP contribution in [0, 0.1) is 0 Å². The average Bonchev–Trinajstić information content (AvgIpc) is 2.72. The molecule has 0 fully saturated rings. The van der Waals surface area contributed by atoms with Gasteiger partial charge in [0.15, 0.2) is 6.10 Å². The van der Waals surface area contributed by atoms with Crippen LogP contribution in [0.5, 0.6) is 5.75 Å². The van der Waals surface area contributed by atoms with Crippen LogP contribution in [0.2, 0.25) is 0 Å². The van der Waals surface area contributed by atoms with Gasteiger partial charge in [0, 0.05) is 6.07 Å². The Labute approximate surface area is 194 Å². The van der Waals surface area contributed by atoms with Gasteiger partial charge in [-0.15, -0.1) is 0 Å². The molecule has 178 valence electrons. The fraction of sp³-hybridized carbons (Fsp3) is 0.708. The number of hydrogen-bond donors (Lipinski definition) is 1. The number of carbonyl (C=O) groups excluding carboxylic acids is 1. The number of halogens is 1. The Morgan fingerprint density at radius 1 is 0.935 bits per heavy atom. The lowest BCUT2D eigenvalue weighted by Gasteiger charge is -2.16. The SMILES string of the molecule is CCCCCCCCCCCCC(Oc1cccc(NS(=O)(=O)CCCC)c1)C(=O)Cl. The van der Waals surface area contributed by atoms with Crippen LogP contribution in [0.25, 0.3) is 0 Å². The fourth-order valence-corrected chi connectivity index (χ4v) is 4.81. The summed E-state index contributed by atoms with van der Waals surface area (Å²) in [6, 6.07) is 6.66. The number of hydrogen-bond acceptors (Lipinski definition) is 4. The van der Waals surface area contributed by atoms with Crippen LogP contribution in [0.15, 0.2) is 24.3 Å². The fourth-order valence-electron chi connectivity index (χ4n) is 3.40. The van der Waals surface area contributed by atoms with E-state index in [0.29, 0.717) is 24.3 Å². The molecule has 0 aliphatic heterocycles. The summed E-state index contributed by atoms with van der Waals surface area (Å²) in [5, 5.41) is -0.523. The molecule has 0 aliphatic rings. The van der Waals surface area contributed by atoms with Crippen molar-refractivity contribution in [3.63, 3.8) is 0 Å². The lowest BCUT2D eigenvalue weighted by Crippen LogP contribution is -2.23. The van der Waals surface area contributed by atoms with Gasteiger partial charge in [-0.25, -0.2) is 8.42 Å². The summed E-state index contributed by atoms with van der Waals surface area (Å²) in [5.41, 5.74) is 0.424. The van der Waals surface area contributed by atoms with Gasteiger partial charge in [-0.3, -0.25) is 9.52 Å². The van der Waals surface area contributed by atoms with E-state index < -0.39 is 21.4 Å². The molecular formula is C24H40ClNO4S. The molecular weight excluding hydrogens is 434 g/mol. The first-order valence-electron chi connectivity index (χ1n) is 11.8. The number of benzene rings is 1. The summed E-state index contributed by atoms with van der Waals surface area (Å²) < 4.78 is 32.5. The number of ether oxygens (including phenoxy) is 1. The van der Waals surface area contributed by atoms with Gasteiger partial charge in [0.25, 0.3) is 5.24 Å². The summed E-state index contributed by atoms with van der Waals surface area (Å²) in [7, 11) is -3.39. The summed E-state index contributed by atoms with van der Waals surface area (Å²) in [6.45, 7) is 4.18. The van der Waals surface area contributed by atoms with Crippen LogP contribution in [0.4, 0.5) is 5.69 Å². The molecule has 1 atom stereocenters. The molecule has 0 saturated carbocycles. The average molecular weight is 474 g/mol. The number of sulfonamides is 1. The van der Waals surface area contributed by atoms with Crippen LogP contribution in [0.3, 0.4) is 0 Å². The molecule has 0 bridgehead atoms. The molecule has 7 heteroatoms. The molecule has 1 rings (SSSR count). The van der Waals surface area contributed by atoms with Crippen LogP contribution in [0.1, 0.15) is 97.3 Å². The molecule has 1 aromatic carbocycles. The van der Waals surface area contributed by atoms with Crippen molar-refractivity contribution < 1.29 is 17.9 Å². The summed E-state index contributed by atoms with van der Waals surface area (Å²) in [6.07, 6.45) is 13.4. The second-order valence-corrected chi connectivity index (χ2v) is 10.4. The molecule has 1 unspecified atom stereocenters. The second kappa shape index (κ2) is 16.4. The first-order chi connectivity index (χ1) is 14.9. The Bertz CT molecular complexity index is 724. The lowest BCUT2D eigenvalue weighted by molar-refractivity contribution is -0.118. The van der Waals surface area contributed by atoms with Crippen LogP contribution in [-0.4, -0.2) is 25.5 Å². The van der Waals surface area contributed by atoms with Gasteiger partial charge in [-0.2, -0.15) is 0 Å². The molecule has 0 amide bonds. The van der Waals surface area contributed by atoms with E-state index in [-0.39, 0.29) is 5.75 Å². The summed E-state index contributed by atoms with van der Waals surface area (Å²) in [4.78, 5) is 11.8. The Hall–Kier alpha value is -1.27. The number of carbonyl (C=O) groups is 1. The van der Waals surface area contributed by atoms with Crippen molar-refractivity contribution in [2.45, 2.75) is 103 Å². The van der Waals surface area contributed by atoms with Crippen molar-refractivity contribution in [3.05, 3.63) is 24.3 Å². The topological polar surface area (TPSA) is 72.5 Å². The summed E-state index contributed by atoms with van der Waals surface area (Å²) >= 11 is 5.74. The highest BCUT2D eigenvalue weighted by molar-refractivity contribution is 7.92. The van der Waals surface area contributed by atoms with Gasteiger partial charge >= 0.3 is 0 Å². The highest BCUT2D eigenvalue weighted by Crippen LogP contribution is 2.22. The smallest absolute Gasteiger partial charge is 0.262 e. The normalized spacial score (nSPS) is 12.5. The molecule has 1 aromatic rings. The quantitative estimate of drug-likeness (QED) is 0.172. The third-order valence-corrected chi connectivity index (χ3v) is 6.84. The Balaban J connectivity index is 2.40. The van der Waals surface area contributed by atoms with Gasteiger partial charge in [-0.05, 0) is 43.0 Å². The monoisotopic (exact) mass is 473 g/mol. The van der Waals surface area contributed by atoms with Crippen molar-refractivity contribution in [3.8, 4) is 5.75 Å². The molecule has 0 aromatic heterocycles. The van der Waals surface area contributed by atoms with E-state index in [4.69, 9.17) is 16.3 Å². The largest absolute Gasteiger partial charge is 0.481 e. The minimum atomic E-state index is -3.39. The lowest BCUT2D eigenvalue weighted by atomic mass is 10.0. The molecule has 0 aliphatic carbocycles. The molecule has 0 saturated heterocycles. The van der Waals surface area contributed by atoms with Gasteiger partial charge in [0.05, 0.1) is 11.4 Å². The van der Waals surface area contributed by atoms with Gasteiger partial charge < -0.3 is 4.74 Å². The predicted octanol–water partition coefficient (Wildman–Crippen LogP) is 7.05. The number of unbranched alkanes of at least 4 members (excludes halogenated alkanes) is 10. The van der Waals surface area contributed by atoms with E-state index in [0.717, 1.165) is 25.7 Å². The summed E-state index contributed by atoms with van der Waals surface area (Å²) in [5.74, 6) is 0.512. The molecule has 1 N–H and O–H groups in total. The van der Waals surface area contributed by atoms with E-state index in [1.807, 2.05) is 6.92 Å². The zero-order valence-electron chi connectivity index (χ0n) is 19.2. The third kappa shape index (κ3) is 13.7. The third-order valence-electron chi connectivity index (χ3n) is 5.23. The van der Waals surface area contributed by atoms with Crippen LogP contribution < -0.4 is 9.46 Å². The predicted molar refractivity (Wildman–Crippen MR) is 130 cm³/mol. The maximum atomic E-state index is 12.1. The number of nitrogens with one attached hydrogen (secondary N) is 1. The molecule has 0 radical (unpaired) electrons. The van der Waals surface area contributed by atoms with E-state index in [1.165, 1.54) is 44.9 Å². The molecule has 0 heterocycles. The van der Waals surface area contributed by atoms with Crippen LogP contribution in [-0.2, 0) is 14.8 Å². The van der Waals surface area contributed by atoms with Gasteiger partial charge in [0.1, 0.15) is 5.75 Å². The maximum absolute atomic E-state index is 12.1. The second-order valence-electron chi connectivity index (χ2n) is 8.18. The van der Waals surface area contributed by atoms with Crippen molar-refractivity contribution >= 4 is 32.6 Å². The van der Waals surface area contributed by atoms with E-state index in [1.54, 1.807) is 24.3 Å². The Morgan fingerprint density at radius 3 is 2.10 bits per heavy atom. The molecule has 5 nitrogen and oxygen atoms in total. The standard InChI is InChI=1S/C24H40ClNO4S/c1-3-5-7-8-9-10-11-12-13-14-18-23(24(25)27)30-22-17-15-16-21(20-22)26-31(28,29)19-6-4-2/h15-17,20,23,26H,3-14,18-19H2,1-2H3.